The number of hydrogen-bond acceptors (Lipinski definition) is 4. The third kappa shape index (κ3) is 10.6. The number of nitrogens with one attached hydrogen (secondary N) is 2. The Balaban J connectivity index is 3.52. The molecular weight excluding hydrogens is 228 g/mol. The smallest absolute Gasteiger partial charge is 0.329 e. The zero-order valence-corrected chi connectivity index (χ0v) is 9.82. The number of carbonyl (C=O) groups is 3. The Bertz CT molecular complexity index is 267. The summed E-state index contributed by atoms with van der Waals surface area (Å²) in [6.07, 6.45) is 2.91. The van der Waals surface area contributed by atoms with Gasteiger partial charge in [0.15, 0.2) is 0 Å². The van der Waals surface area contributed by atoms with Crippen molar-refractivity contribution in [2.45, 2.75) is 26.2 Å². The fraction of sp³-hybridized carbons (Fsp3) is 0.700. The van der Waals surface area contributed by atoms with Crippen molar-refractivity contribution < 1.29 is 24.2 Å². The molecule has 3 N–H and O–H groups in total. The third-order valence-electron chi connectivity index (χ3n) is 1.78. The second-order valence-corrected chi connectivity index (χ2v) is 3.40. The maximum Gasteiger partial charge on any atom is 0.329 e. The van der Waals surface area contributed by atoms with Crippen LogP contribution in [0.5, 0.6) is 0 Å². The predicted molar refractivity (Wildman–Crippen MR) is 59.5 cm³/mol. The van der Waals surface area contributed by atoms with E-state index >= 15 is 0 Å². The van der Waals surface area contributed by atoms with Crippen molar-refractivity contribution in [1.29, 1.82) is 0 Å². The number of ether oxygens (including phenoxy) is 1. The maximum atomic E-state index is 11.1. The first-order valence-electron chi connectivity index (χ1n) is 5.43. The minimum atomic E-state index is -1.16. The van der Waals surface area contributed by atoms with Crippen LogP contribution in [0.25, 0.3) is 0 Å². The molecule has 0 rings (SSSR count). The highest BCUT2D eigenvalue weighted by molar-refractivity contribution is 5.94. The topological polar surface area (TPSA) is 105 Å². The van der Waals surface area contributed by atoms with Gasteiger partial charge in [-0.3, -0.25) is 10.1 Å². The van der Waals surface area contributed by atoms with Gasteiger partial charge in [0, 0.05) is 6.54 Å². The highest BCUT2D eigenvalue weighted by Gasteiger charge is 2.07. The summed E-state index contributed by atoms with van der Waals surface area (Å²) in [4.78, 5) is 32.2. The summed E-state index contributed by atoms with van der Waals surface area (Å²) in [6.45, 7) is 1.53. The summed E-state index contributed by atoms with van der Waals surface area (Å²) in [5.41, 5.74) is 0. The summed E-state index contributed by atoms with van der Waals surface area (Å²) >= 11 is 0. The van der Waals surface area contributed by atoms with Crippen LogP contribution in [-0.2, 0) is 14.3 Å². The molecule has 0 bridgehead atoms. The van der Waals surface area contributed by atoms with Gasteiger partial charge in [-0.05, 0) is 6.42 Å². The van der Waals surface area contributed by atoms with E-state index in [1.807, 2.05) is 12.2 Å². The molecule has 0 saturated carbocycles. The normalized spacial score (nSPS) is 9.71. The molecule has 98 valence electrons. The van der Waals surface area contributed by atoms with E-state index < -0.39 is 31.1 Å². The Morgan fingerprint density at radius 1 is 1.18 bits per heavy atom. The molecule has 0 aromatic rings. The van der Waals surface area contributed by atoms with Crippen molar-refractivity contribution in [2.24, 2.45) is 0 Å². The number of hydrogen-bond donors (Lipinski definition) is 3. The van der Waals surface area contributed by atoms with Gasteiger partial charge in [-0.1, -0.05) is 19.8 Å². The summed E-state index contributed by atoms with van der Waals surface area (Å²) in [5, 5.41) is 12.8. The summed E-state index contributed by atoms with van der Waals surface area (Å²) in [7, 11) is 0. The molecule has 3 amide bonds. The molecule has 0 aliphatic heterocycles. The van der Waals surface area contributed by atoms with Crippen LogP contribution in [0.3, 0.4) is 0 Å². The van der Waals surface area contributed by atoms with Crippen LogP contribution in [0.1, 0.15) is 26.2 Å². The number of amides is 3. The number of rotatable bonds is 8. The molecule has 0 saturated heterocycles. The van der Waals surface area contributed by atoms with Crippen LogP contribution in [0.2, 0.25) is 0 Å². The Morgan fingerprint density at radius 3 is 2.47 bits per heavy atom. The number of unbranched alkanes of at least 4 members (excludes halogenated alkanes) is 2. The second kappa shape index (κ2) is 9.59. The van der Waals surface area contributed by atoms with E-state index in [1.54, 1.807) is 0 Å². The fourth-order valence-electron chi connectivity index (χ4n) is 1.01. The summed E-state index contributed by atoms with van der Waals surface area (Å²) in [6, 6.07) is -0.593. The zero-order chi connectivity index (χ0) is 13.1. The fourth-order valence-corrected chi connectivity index (χ4v) is 1.01. The van der Waals surface area contributed by atoms with Crippen molar-refractivity contribution in [2.75, 3.05) is 19.8 Å². The number of carboxylic acid groups (broad SMARTS) is 1. The molecule has 0 fully saturated rings. The minimum Gasteiger partial charge on any atom is -0.480 e. The van der Waals surface area contributed by atoms with Crippen molar-refractivity contribution in [3.8, 4) is 0 Å². The van der Waals surface area contributed by atoms with Gasteiger partial charge in [0.2, 0.25) is 0 Å². The minimum absolute atomic E-state index is 0.450. The summed E-state index contributed by atoms with van der Waals surface area (Å²) < 4.78 is 4.51. The Morgan fingerprint density at radius 2 is 1.88 bits per heavy atom. The Hall–Kier alpha value is -1.63. The molecule has 0 radical (unpaired) electrons. The number of carboxylic acids is 1. The van der Waals surface area contributed by atoms with E-state index in [0.29, 0.717) is 6.54 Å². The molecule has 0 heterocycles. The molecule has 0 atom stereocenters. The SMILES string of the molecule is CCCCCNC(=O)NC(=O)COCC(=O)O. The molecule has 0 aliphatic carbocycles. The number of urea groups is 1. The lowest BCUT2D eigenvalue weighted by atomic mass is 10.2. The van der Waals surface area contributed by atoms with Crippen molar-refractivity contribution in [1.82, 2.24) is 10.6 Å². The molecule has 0 aliphatic rings. The van der Waals surface area contributed by atoms with Gasteiger partial charge in [0.1, 0.15) is 13.2 Å². The van der Waals surface area contributed by atoms with Crippen LogP contribution in [0, 0.1) is 0 Å². The number of imide groups is 1. The number of aliphatic carboxylic acids is 1. The van der Waals surface area contributed by atoms with Gasteiger partial charge < -0.3 is 15.2 Å². The molecular formula is C10H18N2O5. The van der Waals surface area contributed by atoms with Gasteiger partial charge in [-0.15, -0.1) is 0 Å². The van der Waals surface area contributed by atoms with Gasteiger partial charge in [-0.2, -0.15) is 0 Å². The molecule has 0 spiro atoms. The van der Waals surface area contributed by atoms with Crippen LogP contribution >= 0.6 is 0 Å². The Labute approximate surface area is 99.5 Å². The first kappa shape index (κ1) is 15.4. The zero-order valence-electron chi connectivity index (χ0n) is 9.82. The van der Waals surface area contributed by atoms with E-state index in [-0.39, 0.29) is 0 Å². The van der Waals surface area contributed by atoms with Crippen LogP contribution < -0.4 is 10.6 Å². The van der Waals surface area contributed by atoms with Crippen molar-refractivity contribution >= 4 is 17.9 Å². The van der Waals surface area contributed by atoms with Crippen molar-refractivity contribution in [3.63, 3.8) is 0 Å². The first-order chi connectivity index (χ1) is 8.06. The van der Waals surface area contributed by atoms with Gasteiger partial charge in [0.05, 0.1) is 0 Å². The van der Waals surface area contributed by atoms with E-state index in [9.17, 15) is 14.4 Å². The molecule has 0 unspecified atom stereocenters. The average molecular weight is 246 g/mol. The predicted octanol–water partition coefficient (Wildman–Crippen LogP) is 0.104. The van der Waals surface area contributed by atoms with Crippen LogP contribution in [0.15, 0.2) is 0 Å². The lowest BCUT2D eigenvalue weighted by molar-refractivity contribution is -0.143. The monoisotopic (exact) mass is 246 g/mol. The molecule has 17 heavy (non-hydrogen) atoms. The van der Waals surface area contributed by atoms with Crippen LogP contribution in [-0.4, -0.2) is 42.8 Å². The molecule has 0 aromatic heterocycles. The highest BCUT2D eigenvalue weighted by Crippen LogP contribution is 1.90. The van der Waals surface area contributed by atoms with E-state index in [0.717, 1.165) is 19.3 Å². The third-order valence-corrected chi connectivity index (χ3v) is 1.78. The van der Waals surface area contributed by atoms with E-state index in [1.165, 1.54) is 0 Å². The maximum absolute atomic E-state index is 11.1. The highest BCUT2D eigenvalue weighted by atomic mass is 16.5. The standard InChI is InChI=1S/C10H18N2O5/c1-2-3-4-5-11-10(16)12-8(13)6-17-7-9(14)15/h2-7H2,1H3,(H,14,15)(H2,11,12,13,16). The second-order valence-electron chi connectivity index (χ2n) is 3.40. The van der Waals surface area contributed by atoms with Gasteiger partial charge in [-0.25, -0.2) is 9.59 Å². The lowest BCUT2D eigenvalue weighted by Crippen LogP contribution is -2.41. The largest absolute Gasteiger partial charge is 0.480 e. The lowest BCUT2D eigenvalue weighted by Gasteiger charge is -2.06. The van der Waals surface area contributed by atoms with Crippen molar-refractivity contribution in [3.05, 3.63) is 0 Å². The molecule has 7 heteroatoms. The molecule has 7 nitrogen and oxygen atoms in total. The van der Waals surface area contributed by atoms with Gasteiger partial charge in [0.25, 0.3) is 5.91 Å². The quantitative estimate of drug-likeness (QED) is 0.527. The van der Waals surface area contributed by atoms with E-state index in [2.05, 4.69) is 10.1 Å². The summed E-state index contributed by atoms with van der Waals surface area (Å²) in [5.74, 6) is -1.83. The molecule has 0 aromatic carbocycles. The van der Waals surface area contributed by atoms with Crippen LogP contribution in [0.4, 0.5) is 4.79 Å². The first-order valence-corrected chi connectivity index (χ1v) is 5.43. The average Bonchev–Trinajstić information content (AvgIpc) is 2.23. The Kier molecular flexibility index (Phi) is 8.67. The van der Waals surface area contributed by atoms with E-state index in [4.69, 9.17) is 5.11 Å². The van der Waals surface area contributed by atoms with Gasteiger partial charge >= 0.3 is 12.0 Å². The number of carbonyl (C=O) groups excluding carboxylic acids is 2.